The maximum Gasteiger partial charge on any atom is 0.243 e. The van der Waals surface area contributed by atoms with Gasteiger partial charge in [0.15, 0.2) is 0 Å². The predicted octanol–water partition coefficient (Wildman–Crippen LogP) is 4.37. The largest absolute Gasteiger partial charge is 0.395 e. The van der Waals surface area contributed by atoms with Crippen LogP contribution in [0.2, 0.25) is 0 Å². The van der Waals surface area contributed by atoms with Crippen LogP contribution < -0.4 is 10.0 Å². The van der Waals surface area contributed by atoms with Crippen molar-refractivity contribution in [3.05, 3.63) is 96.2 Å². The number of nitrogens with zero attached hydrogens (tertiary/aromatic N) is 2. The number of hydrogen-bond acceptors (Lipinski definition) is 6. The van der Waals surface area contributed by atoms with Crippen LogP contribution in [0.3, 0.4) is 0 Å². The van der Waals surface area contributed by atoms with Gasteiger partial charge < -0.3 is 15.0 Å². The third-order valence-corrected chi connectivity index (χ3v) is 11.5. The number of para-hydroxylation sites is 1. The van der Waals surface area contributed by atoms with Crippen LogP contribution in [0, 0.1) is 12.8 Å². The summed E-state index contributed by atoms with van der Waals surface area (Å²) in [7, 11) is -5.92. The first-order chi connectivity index (χ1) is 22.3. The molecule has 1 amide bonds. The SMILES string of the molecule is Cc1ccc(S(=O)(=O)N(CC(C)C)[C@H](CO)CCCCNC(=O)[C@H](Cc2cn(C)c3ccccc23)NS(=O)(=O)c2ccccc2)cc1. The maximum atomic E-state index is 13.6. The van der Waals surface area contributed by atoms with Crippen molar-refractivity contribution in [1.82, 2.24) is 18.9 Å². The molecule has 0 unspecified atom stereocenters. The van der Waals surface area contributed by atoms with Gasteiger partial charge in [0.2, 0.25) is 26.0 Å². The molecule has 0 aliphatic heterocycles. The number of amides is 1. The number of carbonyl (C=O) groups is 1. The van der Waals surface area contributed by atoms with Crippen LogP contribution in [0.5, 0.6) is 0 Å². The highest BCUT2D eigenvalue weighted by atomic mass is 32.2. The second kappa shape index (κ2) is 16.0. The predicted molar refractivity (Wildman–Crippen MR) is 185 cm³/mol. The quantitative estimate of drug-likeness (QED) is 0.142. The fraction of sp³-hybridized carbons (Fsp3) is 0.400. The van der Waals surface area contributed by atoms with Crippen molar-refractivity contribution in [2.45, 2.75) is 68.3 Å². The average Bonchev–Trinajstić information content (AvgIpc) is 3.36. The minimum atomic E-state index is -3.99. The van der Waals surface area contributed by atoms with Crippen molar-refractivity contribution >= 4 is 36.9 Å². The summed E-state index contributed by atoms with van der Waals surface area (Å²) >= 11 is 0. The summed E-state index contributed by atoms with van der Waals surface area (Å²) in [6.45, 7) is 5.94. The van der Waals surface area contributed by atoms with Crippen LogP contribution in [0.15, 0.2) is 94.9 Å². The molecule has 4 aromatic rings. The fourth-order valence-electron chi connectivity index (χ4n) is 5.67. The lowest BCUT2D eigenvalue weighted by atomic mass is 10.0. The van der Waals surface area contributed by atoms with Crippen LogP contribution in [-0.2, 0) is 38.3 Å². The van der Waals surface area contributed by atoms with E-state index in [1.165, 1.54) is 16.4 Å². The van der Waals surface area contributed by atoms with Gasteiger partial charge in [0.25, 0.3) is 0 Å². The van der Waals surface area contributed by atoms with Gasteiger partial charge in [-0.3, -0.25) is 4.79 Å². The molecule has 2 atom stereocenters. The number of aryl methyl sites for hydroxylation is 2. The summed E-state index contributed by atoms with van der Waals surface area (Å²) in [6, 6.07) is 20.7. The summed E-state index contributed by atoms with van der Waals surface area (Å²) in [5, 5.41) is 14.1. The van der Waals surface area contributed by atoms with Gasteiger partial charge in [0.1, 0.15) is 6.04 Å². The second-order valence-corrected chi connectivity index (χ2v) is 16.0. The molecule has 47 heavy (non-hydrogen) atoms. The van der Waals surface area contributed by atoms with E-state index in [4.69, 9.17) is 0 Å². The zero-order chi connectivity index (χ0) is 34.2. The fourth-order valence-corrected chi connectivity index (χ4v) is 8.69. The third kappa shape index (κ3) is 9.29. The summed E-state index contributed by atoms with van der Waals surface area (Å²) < 4.78 is 59.6. The van der Waals surface area contributed by atoms with Crippen LogP contribution >= 0.6 is 0 Å². The van der Waals surface area contributed by atoms with E-state index in [1.807, 2.05) is 62.8 Å². The Bertz CT molecular complexity index is 1840. The van der Waals surface area contributed by atoms with Crippen LogP contribution in [-0.4, -0.2) is 68.5 Å². The minimum Gasteiger partial charge on any atom is -0.395 e. The Labute approximate surface area is 278 Å². The van der Waals surface area contributed by atoms with E-state index in [-0.39, 0.29) is 41.8 Å². The Morgan fingerprint density at radius 3 is 2.21 bits per heavy atom. The molecule has 1 heterocycles. The number of aliphatic hydroxyl groups excluding tert-OH is 1. The lowest BCUT2D eigenvalue weighted by Gasteiger charge is -2.31. The molecule has 0 saturated carbocycles. The Balaban J connectivity index is 1.43. The van der Waals surface area contributed by atoms with Gasteiger partial charge in [0.05, 0.1) is 16.4 Å². The molecule has 10 nitrogen and oxygen atoms in total. The molecular formula is C35H46N4O6S2. The molecular weight excluding hydrogens is 637 g/mol. The lowest BCUT2D eigenvalue weighted by molar-refractivity contribution is -0.122. The van der Waals surface area contributed by atoms with Crippen molar-refractivity contribution in [3.8, 4) is 0 Å². The monoisotopic (exact) mass is 682 g/mol. The topological polar surface area (TPSA) is 138 Å². The number of hydrogen-bond donors (Lipinski definition) is 3. The molecule has 0 aliphatic carbocycles. The smallest absolute Gasteiger partial charge is 0.243 e. The summed E-state index contributed by atoms with van der Waals surface area (Å²) in [5.41, 5.74) is 2.76. The molecule has 12 heteroatoms. The highest BCUT2D eigenvalue weighted by molar-refractivity contribution is 7.89. The first-order valence-corrected chi connectivity index (χ1v) is 18.8. The normalized spacial score (nSPS) is 13.7. The Morgan fingerprint density at radius 2 is 1.55 bits per heavy atom. The maximum absolute atomic E-state index is 13.6. The van der Waals surface area contributed by atoms with Crippen molar-refractivity contribution < 1.29 is 26.7 Å². The molecule has 1 aromatic heterocycles. The number of rotatable bonds is 17. The number of carbonyl (C=O) groups excluding carboxylic acids is 1. The zero-order valence-electron chi connectivity index (χ0n) is 27.5. The Kier molecular flexibility index (Phi) is 12.4. The molecule has 0 fully saturated rings. The number of fused-ring (bicyclic) bond motifs is 1. The molecule has 3 aromatic carbocycles. The van der Waals surface area contributed by atoms with Crippen molar-refractivity contribution in [2.75, 3.05) is 19.7 Å². The molecule has 0 bridgehead atoms. The van der Waals surface area contributed by atoms with Crippen molar-refractivity contribution in [2.24, 2.45) is 13.0 Å². The number of nitrogens with one attached hydrogen (secondary N) is 2. The average molecular weight is 683 g/mol. The van der Waals surface area contributed by atoms with E-state index in [2.05, 4.69) is 10.0 Å². The number of aromatic nitrogens is 1. The number of aliphatic hydroxyl groups is 1. The van der Waals surface area contributed by atoms with Crippen LogP contribution in [0.1, 0.15) is 44.2 Å². The number of unbranched alkanes of at least 4 members (excludes halogenated alkanes) is 1. The summed E-state index contributed by atoms with van der Waals surface area (Å²) in [5.74, 6) is -0.415. The van der Waals surface area contributed by atoms with E-state index >= 15 is 0 Å². The van der Waals surface area contributed by atoms with Gasteiger partial charge in [-0.2, -0.15) is 9.03 Å². The van der Waals surface area contributed by atoms with Crippen LogP contribution in [0.25, 0.3) is 10.9 Å². The standard InChI is InChI=1S/C35H46N4O6S2/c1-26(2)23-39(47(44,45)31-19-17-27(3)18-20-31)29(25-40)12-10-11-21-36-35(41)33(37-46(42,43)30-13-6-5-7-14-30)22-28-24-38(4)34-16-9-8-15-32(28)34/h5-9,13-20,24,26,29,33,37,40H,10-12,21-23,25H2,1-4H3,(H,36,41)/t29-,33-/m0/s1. The zero-order valence-corrected chi connectivity index (χ0v) is 29.1. The summed E-state index contributed by atoms with van der Waals surface area (Å²) in [6.07, 6.45) is 3.49. The van der Waals surface area contributed by atoms with Crippen LogP contribution in [0.4, 0.5) is 0 Å². The van der Waals surface area contributed by atoms with Gasteiger partial charge in [-0.05, 0) is 68.0 Å². The van der Waals surface area contributed by atoms with Crippen molar-refractivity contribution in [1.29, 1.82) is 0 Å². The first kappa shape index (κ1) is 36.3. The molecule has 4 rings (SSSR count). The van der Waals surface area contributed by atoms with E-state index in [0.29, 0.717) is 19.3 Å². The third-order valence-electron chi connectivity index (χ3n) is 8.12. The number of sulfonamides is 2. The Morgan fingerprint density at radius 1 is 0.894 bits per heavy atom. The lowest BCUT2D eigenvalue weighted by Crippen LogP contribution is -2.48. The highest BCUT2D eigenvalue weighted by Gasteiger charge is 2.32. The van der Waals surface area contributed by atoms with Gasteiger partial charge in [0, 0.05) is 43.3 Å². The van der Waals surface area contributed by atoms with E-state index < -0.39 is 38.0 Å². The molecule has 3 N–H and O–H groups in total. The molecule has 254 valence electrons. The molecule has 0 saturated heterocycles. The molecule has 0 radical (unpaired) electrons. The van der Waals surface area contributed by atoms with E-state index in [1.54, 1.807) is 42.5 Å². The van der Waals surface area contributed by atoms with Gasteiger partial charge in [-0.15, -0.1) is 0 Å². The second-order valence-electron chi connectivity index (χ2n) is 12.4. The van der Waals surface area contributed by atoms with Gasteiger partial charge in [-0.25, -0.2) is 16.8 Å². The Hall–Kier alpha value is -3.55. The number of benzene rings is 3. The molecule has 0 spiro atoms. The first-order valence-electron chi connectivity index (χ1n) is 15.9. The van der Waals surface area contributed by atoms with E-state index in [0.717, 1.165) is 22.0 Å². The van der Waals surface area contributed by atoms with E-state index in [9.17, 15) is 26.7 Å². The highest BCUT2D eigenvalue weighted by Crippen LogP contribution is 2.24. The minimum absolute atomic E-state index is 0.0434. The van der Waals surface area contributed by atoms with Gasteiger partial charge >= 0.3 is 0 Å². The van der Waals surface area contributed by atoms with Gasteiger partial charge in [-0.1, -0.05) is 74.4 Å². The summed E-state index contributed by atoms with van der Waals surface area (Å²) in [4.78, 5) is 13.8. The molecule has 0 aliphatic rings. The van der Waals surface area contributed by atoms with Crippen molar-refractivity contribution in [3.63, 3.8) is 0 Å².